The van der Waals surface area contributed by atoms with Crippen LogP contribution in [0.5, 0.6) is 0 Å². The predicted octanol–water partition coefficient (Wildman–Crippen LogP) is 2.99. The van der Waals surface area contributed by atoms with E-state index in [1.807, 2.05) is 23.6 Å². The topological polar surface area (TPSA) is 37.4 Å². The van der Waals surface area contributed by atoms with Crippen molar-refractivity contribution in [3.05, 3.63) is 46.9 Å². The van der Waals surface area contributed by atoms with Crippen LogP contribution in [-0.2, 0) is 11.3 Å². The molecule has 4 rings (SSSR count). The summed E-state index contributed by atoms with van der Waals surface area (Å²) in [5.74, 6) is 0. The molecule has 0 unspecified atom stereocenters. The van der Waals surface area contributed by atoms with Crippen LogP contribution < -0.4 is 5.32 Å². The maximum Gasteiger partial charge on any atom is 0.0842 e. The lowest BCUT2D eigenvalue weighted by atomic mass is 9.97. The van der Waals surface area contributed by atoms with Crippen molar-refractivity contribution < 1.29 is 4.74 Å². The van der Waals surface area contributed by atoms with E-state index in [1.165, 1.54) is 4.88 Å². The largest absolute Gasteiger partial charge is 0.379 e. The molecule has 22 heavy (non-hydrogen) atoms. The molecule has 0 aliphatic carbocycles. The Balaban J connectivity index is 1.34. The van der Waals surface area contributed by atoms with E-state index in [2.05, 4.69) is 38.8 Å². The van der Waals surface area contributed by atoms with Crippen LogP contribution in [0.15, 0.2) is 42.0 Å². The van der Waals surface area contributed by atoms with Gasteiger partial charge < -0.3 is 10.1 Å². The van der Waals surface area contributed by atoms with Gasteiger partial charge in [-0.15, -0.1) is 11.3 Å². The number of nitrogens with zero attached hydrogens (tertiary/aromatic N) is 2. The summed E-state index contributed by atoms with van der Waals surface area (Å²) in [6.45, 7) is 4.04. The molecule has 2 aliphatic heterocycles. The van der Waals surface area contributed by atoms with Crippen LogP contribution in [0.1, 0.15) is 17.7 Å². The second kappa shape index (κ2) is 5.99. The minimum Gasteiger partial charge on any atom is -0.379 e. The third-order valence-electron chi connectivity index (χ3n) is 4.60. The Morgan fingerprint density at radius 2 is 2.41 bits per heavy atom. The Morgan fingerprint density at radius 1 is 1.41 bits per heavy atom. The number of anilines is 1. The first-order valence-electron chi connectivity index (χ1n) is 7.87. The van der Waals surface area contributed by atoms with Gasteiger partial charge >= 0.3 is 0 Å². The average Bonchev–Trinajstić information content (AvgIpc) is 3.25. The number of rotatable bonds is 4. The van der Waals surface area contributed by atoms with Crippen molar-refractivity contribution in [3.63, 3.8) is 0 Å². The molecule has 0 bridgehead atoms. The Morgan fingerprint density at radius 3 is 3.23 bits per heavy atom. The SMILES string of the molecule is c1cncc(N[C@@H]2CO[C@]3(CCN(Cc4cccs4)C3)C2)c1. The highest BCUT2D eigenvalue weighted by Gasteiger charge is 2.45. The summed E-state index contributed by atoms with van der Waals surface area (Å²) in [7, 11) is 0. The van der Waals surface area contributed by atoms with E-state index < -0.39 is 0 Å². The van der Waals surface area contributed by atoms with E-state index in [1.54, 1.807) is 6.20 Å². The van der Waals surface area contributed by atoms with Crippen molar-refractivity contribution in [2.45, 2.75) is 31.0 Å². The second-order valence-corrected chi connectivity index (χ2v) is 7.35. The summed E-state index contributed by atoms with van der Waals surface area (Å²) >= 11 is 1.84. The van der Waals surface area contributed by atoms with Crippen LogP contribution in [-0.4, -0.2) is 41.2 Å². The van der Waals surface area contributed by atoms with Gasteiger partial charge in [-0.2, -0.15) is 0 Å². The summed E-state index contributed by atoms with van der Waals surface area (Å²) in [4.78, 5) is 8.13. The van der Waals surface area contributed by atoms with E-state index in [9.17, 15) is 0 Å². The number of pyridine rings is 1. The molecule has 5 heteroatoms. The van der Waals surface area contributed by atoms with Crippen LogP contribution in [0.4, 0.5) is 5.69 Å². The summed E-state index contributed by atoms with van der Waals surface area (Å²) in [6, 6.07) is 8.77. The minimum atomic E-state index is 0.0527. The van der Waals surface area contributed by atoms with Crippen LogP contribution in [0.25, 0.3) is 0 Å². The standard InChI is InChI=1S/C17H21N3OS/c1-3-14(10-18-6-1)19-15-9-17(21-12-15)5-7-20(13-17)11-16-4-2-8-22-16/h1-4,6,8,10,15,19H,5,7,9,11-13H2/t15-,17+/m0/s1. The quantitative estimate of drug-likeness (QED) is 0.941. The van der Waals surface area contributed by atoms with E-state index in [-0.39, 0.29) is 5.60 Å². The lowest BCUT2D eigenvalue weighted by molar-refractivity contribution is 0.0120. The lowest BCUT2D eigenvalue weighted by Crippen LogP contribution is -2.33. The van der Waals surface area contributed by atoms with Crippen molar-refractivity contribution >= 4 is 17.0 Å². The van der Waals surface area contributed by atoms with Crippen LogP contribution in [0, 0.1) is 0 Å². The summed E-state index contributed by atoms with van der Waals surface area (Å²) in [5, 5.41) is 5.70. The van der Waals surface area contributed by atoms with Crippen molar-refractivity contribution in [1.29, 1.82) is 0 Å². The van der Waals surface area contributed by atoms with E-state index in [4.69, 9.17) is 4.74 Å². The van der Waals surface area contributed by atoms with Gasteiger partial charge in [0.2, 0.25) is 0 Å². The smallest absolute Gasteiger partial charge is 0.0842 e. The maximum atomic E-state index is 6.21. The average molecular weight is 315 g/mol. The van der Waals surface area contributed by atoms with E-state index in [0.29, 0.717) is 6.04 Å². The zero-order chi connectivity index (χ0) is 14.8. The number of likely N-dealkylation sites (tertiary alicyclic amines) is 1. The molecule has 0 saturated carbocycles. The number of ether oxygens (including phenoxy) is 1. The van der Waals surface area contributed by atoms with Crippen molar-refractivity contribution in [3.8, 4) is 0 Å². The highest BCUT2D eigenvalue weighted by molar-refractivity contribution is 7.09. The first-order chi connectivity index (χ1) is 10.8. The molecular weight excluding hydrogens is 294 g/mol. The molecule has 2 saturated heterocycles. The normalized spacial score (nSPS) is 28.5. The molecule has 116 valence electrons. The first kappa shape index (κ1) is 14.2. The lowest BCUT2D eigenvalue weighted by Gasteiger charge is -2.23. The highest BCUT2D eigenvalue weighted by atomic mass is 32.1. The molecular formula is C17H21N3OS. The number of hydrogen-bond donors (Lipinski definition) is 1. The van der Waals surface area contributed by atoms with Gasteiger partial charge in [0.05, 0.1) is 23.9 Å². The zero-order valence-corrected chi connectivity index (χ0v) is 13.4. The van der Waals surface area contributed by atoms with Gasteiger partial charge in [-0.25, -0.2) is 0 Å². The highest BCUT2D eigenvalue weighted by Crippen LogP contribution is 2.36. The van der Waals surface area contributed by atoms with Crippen molar-refractivity contribution in [1.82, 2.24) is 9.88 Å². The van der Waals surface area contributed by atoms with Gasteiger partial charge in [0.1, 0.15) is 0 Å². The molecule has 2 aromatic heterocycles. The molecule has 0 radical (unpaired) electrons. The van der Waals surface area contributed by atoms with Gasteiger partial charge in [-0.05, 0) is 30.0 Å². The molecule has 2 aromatic rings. The molecule has 2 fully saturated rings. The number of hydrogen-bond acceptors (Lipinski definition) is 5. The number of thiophene rings is 1. The molecule has 0 amide bonds. The van der Waals surface area contributed by atoms with Gasteiger partial charge in [0, 0.05) is 43.3 Å². The van der Waals surface area contributed by atoms with Gasteiger partial charge in [0.15, 0.2) is 0 Å². The van der Waals surface area contributed by atoms with Crippen molar-refractivity contribution in [2.75, 3.05) is 25.0 Å². The van der Waals surface area contributed by atoms with Crippen molar-refractivity contribution in [2.24, 2.45) is 0 Å². The molecule has 1 N–H and O–H groups in total. The Labute approximate surface area is 135 Å². The van der Waals surface area contributed by atoms with Crippen LogP contribution in [0.3, 0.4) is 0 Å². The van der Waals surface area contributed by atoms with Crippen LogP contribution >= 0.6 is 11.3 Å². The Hall–Kier alpha value is -1.43. The van der Waals surface area contributed by atoms with Gasteiger partial charge in [0.25, 0.3) is 0 Å². The summed E-state index contributed by atoms with van der Waals surface area (Å²) in [6.07, 6.45) is 5.91. The third-order valence-corrected chi connectivity index (χ3v) is 5.46. The van der Waals surface area contributed by atoms with Crippen LogP contribution in [0.2, 0.25) is 0 Å². The van der Waals surface area contributed by atoms with Gasteiger partial charge in [-0.3, -0.25) is 9.88 Å². The fraction of sp³-hybridized carbons (Fsp3) is 0.471. The summed E-state index contributed by atoms with van der Waals surface area (Å²) < 4.78 is 6.21. The third kappa shape index (κ3) is 3.02. The fourth-order valence-electron chi connectivity index (χ4n) is 3.59. The molecule has 1 spiro atoms. The van der Waals surface area contributed by atoms with E-state index in [0.717, 1.165) is 44.8 Å². The first-order valence-corrected chi connectivity index (χ1v) is 8.75. The second-order valence-electron chi connectivity index (χ2n) is 6.32. The predicted molar refractivity (Wildman–Crippen MR) is 89.2 cm³/mol. The Bertz CT molecular complexity index is 604. The molecule has 4 heterocycles. The molecule has 2 atom stereocenters. The molecule has 4 nitrogen and oxygen atoms in total. The Kier molecular flexibility index (Phi) is 3.86. The minimum absolute atomic E-state index is 0.0527. The molecule has 0 aromatic carbocycles. The zero-order valence-electron chi connectivity index (χ0n) is 12.6. The fourth-order valence-corrected chi connectivity index (χ4v) is 4.34. The maximum absolute atomic E-state index is 6.21. The monoisotopic (exact) mass is 315 g/mol. The number of nitrogens with one attached hydrogen (secondary N) is 1. The van der Waals surface area contributed by atoms with Gasteiger partial charge in [-0.1, -0.05) is 6.07 Å². The number of aromatic nitrogens is 1. The van der Waals surface area contributed by atoms with E-state index >= 15 is 0 Å². The molecule has 2 aliphatic rings. The summed E-state index contributed by atoms with van der Waals surface area (Å²) in [5.41, 5.74) is 1.14.